The van der Waals surface area contributed by atoms with Gasteiger partial charge < -0.3 is 19.5 Å². The summed E-state index contributed by atoms with van der Waals surface area (Å²) in [5.41, 5.74) is 1.68. The second-order valence-electron chi connectivity index (χ2n) is 5.21. The highest BCUT2D eigenvalue weighted by molar-refractivity contribution is 5.94. The molecule has 24 heavy (non-hydrogen) atoms. The van der Waals surface area contributed by atoms with Crippen LogP contribution < -0.4 is 19.5 Å². The van der Waals surface area contributed by atoms with Crippen molar-refractivity contribution in [2.45, 2.75) is 6.92 Å². The van der Waals surface area contributed by atoms with Crippen LogP contribution in [0.3, 0.4) is 0 Å². The Balaban J connectivity index is 1.43. The van der Waals surface area contributed by atoms with Gasteiger partial charge in [0, 0.05) is 11.6 Å². The lowest BCUT2D eigenvalue weighted by Crippen LogP contribution is -2.23. The molecule has 0 spiro atoms. The van der Waals surface area contributed by atoms with Crippen LogP contribution in [0.1, 0.15) is 15.9 Å². The third-order valence-corrected chi connectivity index (χ3v) is 3.40. The van der Waals surface area contributed by atoms with Gasteiger partial charge in [-0.15, -0.1) is 0 Å². The Labute approximate surface area is 140 Å². The summed E-state index contributed by atoms with van der Waals surface area (Å²) in [5, 5.41) is 2.75. The molecule has 0 atom stereocenters. The number of hydrogen-bond donors (Lipinski definition) is 1. The maximum atomic E-state index is 11.9. The fraction of sp³-hybridized carbons (Fsp3) is 0.211. The van der Waals surface area contributed by atoms with Crippen molar-refractivity contribution >= 4 is 5.91 Å². The van der Waals surface area contributed by atoms with Gasteiger partial charge >= 0.3 is 0 Å². The number of carbonyl (C=O) groups excluding carboxylic acids is 1. The van der Waals surface area contributed by atoms with Crippen LogP contribution in [0.2, 0.25) is 0 Å². The standard InChI is InChI=1S/C19H17NO4/c1-14-5-4-6-15(11-14)19(21)20-9-2-3-10-22-16-7-8-17-18(12-16)24-13-23-17/h4-8,11-12H,9-10,13H2,1H3,(H,20,21). The molecule has 2 aromatic rings. The monoisotopic (exact) mass is 323 g/mol. The van der Waals surface area contributed by atoms with Crippen molar-refractivity contribution in [2.24, 2.45) is 0 Å². The summed E-state index contributed by atoms with van der Waals surface area (Å²) < 4.78 is 16.0. The van der Waals surface area contributed by atoms with Gasteiger partial charge in [0.15, 0.2) is 11.5 Å². The third-order valence-electron chi connectivity index (χ3n) is 3.40. The molecule has 1 aliphatic rings. The highest BCUT2D eigenvalue weighted by Crippen LogP contribution is 2.34. The van der Waals surface area contributed by atoms with Gasteiger partial charge in [-0.25, -0.2) is 0 Å². The Bertz CT molecular complexity index is 804. The van der Waals surface area contributed by atoms with Gasteiger partial charge in [-0.05, 0) is 31.2 Å². The molecule has 1 aliphatic heterocycles. The van der Waals surface area contributed by atoms with Crippen molar-refractivity contribution in [2.75, 3.05) is 19.9 Å². The normalized spacial score (nSPS) is 11.4. The molecule has 0 bridgehead atoms. The Morgan fingerprint density at radius 2 is 2.04 bits per heavy atom. The van der Waals surface area contributed by atoms with Gasteiger partial charge in [-0.3, -0.25) is 4.79 Å². The van der Waals surface area contributed by atoms with E-state index in [2.05, 4.69) is 17.2 Å². The predicted octanol–water partition coefficient (Wildman–Crippen LogP) is 2.54. The minimum atomic E-state index is -0.135. The van der Waals surface area contributed by atoms with Crippen LogP contribution in [0.5, 0.6) is 17.2 Å². The van der Waals surface area contributed by atoms with E-state index in [1.54, 1.807) is 24.3 Å². The van der Waals surface area contributed by atoms with Gasteiger partial charge in [-0.1, -0.05) is 29.5 Å². The minimum absolute atomic E-state index is 0.135. The molecule has 5 nitrogen and oxygen atoms in total. The van der Waals surface area contributed by atoms with Crippen molar-refractivity contribution in [3.63, 3.8) is 0 Å². The van der Waals surface area contributed by atoms with Crippen molar-refractivity contribution in [1.29, 1.82) is 0 Å². The lowest BCUT2D eigenvalue weighted by molar-refractivity contribution is 0.0958. The van der Waals surface area contributed by atoms with Crippen LogP contribution in [-0.2, 0) is 0 Å². The highest BCUT2D eigenvalue weighted by atomic mass is 16.7. The summed E-state index contributed by atoms with van der Waals surface area (Å²) in [5.74, 6) is 7.64. The molecule has 122 valence electrons. The van der Waals surface area contributed by atoms with Gasteiger partial charge in [0.2, 0.25) is 6.79 Å². The van der Waals surface area contributed by atoms with Gasteiger partial charge in [0.05, 0.1) is 6.54 Å². The first-order valence-electron chi connectivity index (χ1n) is 7.55. The molecule has 3 rings (SSSR count). The summed E-state index contributed by atoms with van der Waals surface area (Å²) in [6, 6.07) is 12.8. The maximum absolute atomic E-state index is 11.9. The van der Waals surface area contributed by atoms with E-state index in [1.165, 1.54) is 0 Å². The molecule has 0 aromatic heterocycles. The Kier molecular flexibility index (Phi) is 4.87. The summed E-state index contributed by atoms with van der Waals surface area (Å²) in [7, 11) is 0. The van der Waals surface area contributed by atoms with Crippen LogP contribution >= 0.6 is 0 Å². The summed E-state index contributed by atoms with van der Waals surface area (Å²) in [6.45, 7) is 2.69. The fourth-order valence-electron chi connectivity index (χ4n) is 2.21. The van der Waals surface area contributed by atoms with E-state index < -0.39 is 0 Å². The van der Waals surface area contributed by atoms with E-state index in [0.29, 0.717) is 22.8 Å². The molecule has 0 aliphatic carbocycles. The molecular weight excluding hydrogens is 306 g/mol. The zero-order valence-electron chi connectivity index (χ0n) is 13.3. The van der Waals surface area contributed by atoms with Crippen LogP contribution in [0.15, 0.2) is 42.5 Å². The molecular formula is C19H17NO4. The van der Waals surface area contributed by atoms with E-state index in [0.717, 1.165) is 5.56 Å². The molecule has 1 N–H and O–H groups in total. The number of hydrogen-bond acceptors (Lipinski definition) is 4. The van der Waals surface area contributed by atoms with Gasteiger partial charge in [-0.2, -0.15) is 0 Å². The van der Waals surface area contributed by atoms with Crippen molar-refractivity contribution < 1.29 is 19.0 Å². The number of benzene rings is 2. The second kappa shape index (κ2) is 7.42. The van der Waals surface area contributed by atoms with Crippen LogP contribution in [0.4, 0.5) is 0 Å². The first-order valence-corrected chi connectivity index (χ1v) is 7.55. The summed E-state index contributed by atoms with van der Waals surface area (Å²) >= 11 is 0. The van der Waals surface area contributed by atoms with Gasteiger partial charge in [0.1, 0.15) is 12.4 Å². The average Bonchev–Trinajstić information content (AvgIpc) is 3.05. The zero-order chi connectivity index (χ0) is 16.8. The SMILES string of the molecule is Cc1cccc(C(=O)NCC#CCOc2ccc3c(c2)OCO3)c1. The van der Waals surface area contributed by atoms with Crippen molar-refractivity contribution in [3.05, 3.63) is 53.6 Å². The number of nitrogens with one attached hydrogen (secondary N) is 1. The Hall–Kier alpha value is -3.13. The number of fused-ring (bicyclic) bond motifs is 1. The van der Waals surface area contributed by atoms with Crippen molar-refractivity contribution in [1.82, 2.24) is 5.32 Å². The number of rotatable bonds is 4. The molecule has 2 aromatic carbocycles. The second-order valence-corrected chi connectivity index (χ2v) is 5.21. The van der Waals surface area contributed by atoms with E-state index in [9.17, 15) is 4.79 Å². The largest absolute Gasteiger partial charge is 0.481 e. The zero-order valence-corrected chi connectivity index (χ0v) is 13.3. The fourth-order valence-corrected chi connectivity index (χ4v) is 2.21. The van der Waals surface area contributed by atoms with Crippen molar-refractivity contribution in [3.8, 4) is 29.1 Å². The lowest BCUT2D eigenvalue weighted by atomic mass is 10.1. The summed E-state index contributed by atoms with van der Waals surface area (Å²) in [6.07, 6.45) is 0. The lowest BCUT2D eigenvalue weighted by Gasteiger charge is -2.03. The van der Waals surface area contributed by atoms with Crippen LogP contribution in [0.25, 0.3) is 0 Å². The topological polar surface area (TPSA) is 56.8 Å². The van der Waals surface area contributed by atoms with E-state index >= 15 is 0 Å². The Morgan fingerprint density at radius 1 is 1.17 bits per heavy atom. The van der Waals surface area contributed by atoms with E-state index in [4.69, 9.17) is 14.2 Å². The quantitative estimate of drug-likeness (QED) is 0.879. The predicted molar refractivity (Wildman–Crippen MR) is 89.3 cm³/mol. The molecule has 0 saturated carbocycles. The van der Waals surface area contributed by atoms with E-state index in [1.807, 2.05) is 25.1 Å². The van der Waals surface area contributed by atoms with Crippen LogP contribution in [-0.4, -0.2) is 25.9 Å². The first-order chi connectivity index (χ1) is 11.7. The summed E-state index contributed by atoms with van der Waals surface area (Å²) in [4.78, 5) is 11.9. The number of ether oxygens (including phenoxy) is 3. The molecule has 5 heteroatoms. The molecule has 1 amide bonds. The molecule has 0 unspecified atom stereocenters. The number of amides is 1. The van der Waals surface area contributed by atoms with E-state index in [-0.39, 0.29) is 25.9 Å². The molecule has 0 saturated heterocycles. The molecule has 0 fully saturated rings. The Morgan fingerprint density at radius 3 is 2.92 bits per heavy atom. The average molecular weight is 323 g/mol. The first kappa shape index (κ1) is 15.8. The van der Waals surface area contributed by atoms with Crippen LogP contribution in [0, 0.1) is 18.8 Å². The molecule has 0 radical (unpaired) electrons. The van der Waals surface area contributed by atoms with Gasteiger partial charge in [0.25, 0.3) is 5.91 Å². The highest BCUT2D eigenvalue weighted by Gasteiger charge is 2.13. The minimum Gasteiger partial charge on any atom is -0.481 e. The maximum Gasteiger partial charge on any atom is 0.252 e. The number of carbonyl (C=O) groups is 1. The number of aryl methyl sites for hydroxylation is 1. The molecule has 1 heterocycles. The third kappa shape index (κ3) is 3.99. The smallest absolute Gasteiger partial charge is 0.252 e.